The zero-order chi connectivity index (χ0) is 12.3. The molecule has 4 fully saturated rings. The first-order chi connectivity index (χ1) is 8.70. The molecule has 96 valence electrons. The summed E-state index contributed by atoms with van der Waals surface area (Å²) in [7, 11) is 0. The summed E-state index contributed by atoms with van der Waals surface area (Å²) in [6, 6.07) is 0. The highest BCUT2D eigenvalue weighted by atomic mass is 16.1. The molecule has 4 bridgehead atoms. The van der Waals surface area contributed by atoms with Crippen LogP contribution in [0.15, 0.2) is 11.0 Å². The first-order valence-electron chi connectivity index (χ1n) is 7.06. The van der Waals surface area contributed by atoms with Crippen molar-refractivity contribution in [2.45, 2.75) is 38.0 Å². The highest BCUT2D eigenvalue weighted by Crippen LogP contribution is 2.59. The Balaban J connectivity index is 1.72. The summed E-state index contributed by atoms with van der Waals surface area (Å²) < 4.78 is 0. The van der Waals surface area contributed by atoms with E-state index in [0.29, 0.717) is 5.92 Å². The Hall–Kier alpha value is -1.32. The van der Waals surface area contributed by atoms with E-state index < -0.39 is 0 Å². The van der Waals surface area contributed by atoms with Crippen LogP contribution in [0.2, 0.25) is 0 Å². The molecular weight excluding hydrogens is 226 g/mol. The van der Waals surface area contributed by atoms with Gasteiger partial charge in [0.25, 0.3) is 5.56 Å². The minimum atomic E-state index is -0.262. The average molecular weight is 245 g/mol. The highest BCUT2D eigenvalue weighted by molar-refractivity contribution is 5.27. The monoisotopic (exact) mass is 245 g/mol. The van der Waals surface area contributed by atoms with E-state index in [2.05, 4.69) is 9.97 Å². The van der Waals surface area contributed by atoms with Crippen LogP contribution in [-0.2, 0) is 0 Å². The molecule has 0 aromatic carbocycles. The lowest BCUT2D eigenvalue weighted by molar-refractivity contribution is -0.00423. The van der Waals surface area contributed by atoms with Gasteiger partial charge in [0.1, 0.15) is 0 Å². The van der Waals surface area contributed by atoms with E-state index in [-0.39, 0.29) is 11.4 Å². The van der Waals surface area contributed by atoms with E-state index in [4.69, 9.17) is 5.73 Å². The van der Waals surface area contributed by atoms with Crippen LogP contribution >= 0.6 is 0 Å². The first-order valence-corrected chi connectivity index (χ1v) is 7.06. The number of H-pyrrole nitrogens is 1. The molecule has 3 N–H and O–H groups in total. The van der Waals surface area contributed by atoms with Gasteiger partial charge in [0.2, 0.25) is 0 Å². The van der Waals surface area contributed by atoms with Gasteiger partial charge >= 0.3 is 0 Å². The van der Waals surface area contributed by atoms with Crippen molar-refractivity contribution >= 4 is 5.82 Å². The molecule has 4 saturated carbocycles. The molecule has 0 unspecified atom stereocenters. The fourth-order valence-corrected chi connectivity index (χ4v) is 5.01. The third-order valence-electron chi connectivity index (χ3n) is 5.40. The van der Waals surface area contributed by atoms with E-state index in [9.17, 15) is 4.79 Å². The Labute approximate surface area is 106 Å². The molecule has 1 aromatic rings. The maximum Gasteiger partial charge on any atom is 0.290 e. The Kier molecular flexibility index (Phi) is 2.11. The fraction of sp³-hybridized carbons (Fsp3) is 0.714. The Morgan fingerprint density at radius 1 is 1.11 bits per heavy atom. The molecule has 4 aliphatic carbocycles. The number of hydrogen-bond acceptors (Lipinski definition) is 3. The third-order valence-corrected chi connectivity index (χ3v) is 5.40. The van der Waals surface area contributed by atoms with Gasteiger partial charge < -0.3 is 10.7 Å². The van der Waals surface area contributed by atoms with Gasteiger partial charge in [0.05, 0.1) is 5.69 Å². The van der Waals surface area contributed by atoms with Gasteiger partial charge in [-0.05, 0) is 55.8 Å². The maximum absolute atomic E-state index is 11.3. The molecule has 0 radical (unpaired) electrons. The topological polar surface area (TPSA) is 71.8 Å². The number of nitrogen functional groups attached to an aromatic ring is 1. The molecule has 18 heavy (non-hydrogen) atoms. The molecule has 1 aromatic heterocycles. The summed E-state index contributed by atoms with van der Waals surface area (Å²) in [5.41, 5.74) is 6.43. The zero-order valence-corrected chi connectivity index (χ0v) is 10.4. The summed E-state index contributed by atoms with van der Waals surface area (Å²) in [6.45, 7) is 0. The number of aromatic nitrogens is 2. The van der Waals surface area contributed by atoms with Crippen molar-refractivity contribution in [1.82, 2.24) is 9.97 Å². The first kappa shape index (κ1) is 10.6. The summed E-state index contributed by atoms with van der Waals surface area (Å²) in [5.74, 6) is 4.14. The summed E-state index contributed by atoms with van der Waals surface area (Å²) in [6.07, 6.45) is 8.69. The molecule has 5 rings (SSSR count). The van der Waals surface area contributed by atoms with Crippen molar-refractivity contribution < 1.29 is 0 Å². The van der Waals surface area contributed by atoms with Gasteiger partial charge in [-0.15, -0.1) is 0 Å². The number of nitrogens with two attached hydrogens (primary N) is 1. The van der Waals surface area contributed by atoms with Gasteiger partial charge in [-0.25, -0.2) is 4.98 Å². The van der Waals surface area contributed by atoms with E-state index in [1.807, 2.05) is 0 Å². The molecular formula is C14H19N3O. The predicted molar refractivity (Wildman–Crippen MR) is 69.1 cm³/mol. The van der Waals surface area contributed by atoms with Crippen LogP contribution < -0.4 is 11.3 Å². The number of rotatable bonds is 1. The van der Waals surface area contributed by atoms with Crippen molar-refractivity contribution in [3.05, 3.63) is 22.2 Å². The third kappa shape index (κ3) is 1.44. The molecule has 0 spiro atoms. The van der Waals surface area contributed by atoms with Gasteiger partial charge in [0, 0.05) is 12.1 Å². The lowest BCUT2D eigenvalue weighted by Crippen LogP contribution is -2.44. The standard InChI is InChI=1S/C14H19N3O/c15-13-14(18)16-6-11(17-13)12-9-2-7-1-8(4-9)5-10(12)3-7/h6-10,12H,1-5H2,(H2,15,17)(H,16,18). The molecule has 0 atom stereocenters. The summed E-state index contributed by atoms with van der Waals surface area (Å²) in [5, 5.41) is 0. The smallest absolute Gasteiger partial charge is 0.290 e. The van der Waals surface area contributed by atoms with E-state index in [0.717, 1.165) is 29.4 Å². The highest BCUT2D eigenvalue weighted by Gasteiger charge is 2.49. The minimum absolute atomic E-state index is 0.126. The second kappa shape index (κ2) is 3.59. The number of nitrogens with one attached hydrogen (secondary N) is 1. The molecule has 0 saturated heterocycles. The van der Waals surface area contributed by atoms with Crippen LogP contribution in [0.1, 0.15) is 43.7 Å². The number of anilines is 1. The van der Waals surface area contributed by atoms with Crippen molar-refractivity contribution in [2.24, 2.45) is 23.7 Å². The summed E-state index contributed by atoms with van der Waals surface area (Å²) >= 11 is 0. The van der Waals surface area contributed by atoms with Crippen LogP contribution in [0.3, 0.4) is 0 Å². The van der Waals surface area contributed by atoms with Crippen molar-refractivity contribution in [1.29, 1.82) is 0 Å². The Bertz CT molecular complexity index is 508. The molecule has 0 amide bonds. The van der Waals surface area contributed by atoms with Crippen LogP contribution in [0.5, 0.6) is 0 Å². The van der Waals surface area contributed by atoms with Crippen LogP contribution in [0.25, 0.3) is 0 Å². The van der Waals surface area contributed by atoms with E-state index >= 15 is 0 Å². The second-order valence-corrected chi connectivity index (χ2v) is 6.50. The SMILES string of the molecule is Nc1nc(C2C3CC4CC(C3)CC2C4)c[nH]c1=O. The molecule has 0 aliphatic heterocycles. The van der Waals surface area contributed by atoms with Gasteiger partial charge in [-0.3, -0.25) is 4.79 Å². The minimum Gasteiger partial charge on any atom is -0.379 e. The quantitative estimate of drug-likeness (QED) is 0.793. The second-order valence-electron chi connectivity index (χ2n) is 6.50. The van der Waals surface area contributed by atoms with E-state index in [1.165, 1.54) is 32.1 Å². The fourth-order valence-electron chi connectivity index (χ4n) is 5.01. The number of hydrogen-bond donors (Lipinski definition) is 2. The molecule has 4 heteroatoms. The normalized spacial score (nSPS) is 41.2. The largest absolute Gasteiger partial charge is 0.379 e. The summed E-state index contributed by atoms with van der Waals surface area (Å²) in [4.78, 5) is 18.4. The number of nitrogens with zero attached hydrogens (tertiary/aromatic N) is 1. The molecule has 4 aliphatic rings. The van der Waals surface area contributed by atoms with Gasteiger partial charge in [0.15, 0.2) is 5.82 Å². The molecule has 4 nitrogen and oxygen atoms in total. The van der Waals surface area contributed by atoms with Crippen molar-refractivity contribution in [3.8, 4) is 0 Å². The maximum atomic E-state index is 11.3. The predicted octanol–water partition coefficient (Wildman–Crippen LogP) is 1.89. The molecule has 1 heterocycles. The Morgan fingerprint density at radius 3 is 2.28 bits per heavy atom. The van der Waals surface area contributed by atoms with Crippen LogP contribution in [-0.4, -0.2) is 9.97 Å². The lowest BCUT2D eigenvalue weighted by Gasteiger charge is -2.54. The number of aromatic amines is 1. The van der Waals surface area contributed by atoms with Gasteiger partial charge in [-0.2, -0.15) is 0 Å². The average Bonchev–Trinajstić information content (AvgIpc) is 2.32. The van der Waals surface area contributed by atoms with Crippen molar-refractivity contribution in [3.63, 3.8) is 0 Å². The van der Waals surface area contributed by atoms with E-state index in [1.54, 1.807) is 6.20 Å². The van der Waals surface area contributed by atoms with Crippen molar-refractivity contribution in [2.75, 3.05) is 5.73 Å². The van der Waals surface area contributed by atoms with Crippen LogP contribution in [0.4, 0.5) is 5.82 Å². The Morgan fingerprint density at radius 2 is 1.72 bits per heavy atom. The van der Waals surface area contributed by atoms with Crippen LogP contribution in [0, 0.1) is 23.7 Å². The van der Waals surface area contributed by atoms with Gasteiger partial charge in [-0.1, -0.05) is 0 Å². The zero-order valence-electron chi connectivity index (χ0n) is 10.4. The lowest BCUT2D eigenvalue weighted by atomic mass is 9.51.